The molecule has 0 fully saturated rings. The van der Waals surface area contributed by atoms with Gasteiger partial charge in [-0.2, -0.15) is 0 Å². The molecule has 0 heterocycles. The molecular weight excluding hydrogens is 408 g/mol. The van der Waals surface area contributed by atoms with E-state index in [0.29, 0.717) is 5.84 Å². The highest BCUT2D eigenvalue weighted by Gasteiger charge is 2.08. The van der Waals surface area contributed by atoms with Crippen LogP contribution in [0.5, 0.6) is 0 Å². The van der Waals surface area contributed by atoms with Crippen molar-refractivity contribution >= 4 is 33.2 Å². The molecule has 0 saturated heterocycles. The summed E-state index contributed by atoms with van der Waals surface area (Å²) in [5, 5.41) is 0. The van der Waals surface area contributed by atoms with Gasteiger partial charge in [-0.15, -0.1) is 0 Å². The van der Waals surface area contributed by atoms with E-state index < -0.39 is 0 Å². The van der Waals surface area contributed by atoms with Crippen LogP contribution >= 0.6 is 15.9 Å². The Kier molecular flexibility index (Phi) is 8.83. The molecule has 0 radical (unpaired) electrons. The molecule has 0 amide bonds. The molecule has 2 nitrogen and oxygen atoms in total. The molecular formula is C25H27BrN2. The zero-order valence-corrected chi connectivity index (χ0v) is 18.6. The Bertz CT molecular complexity index is 932. The molecule has 3 heteroatoms. The summed E-state index contributed by atoms with van der Waals surface area (Å²) >= 11 is 3.56. The third kappa shape index (κ3) is 6.28. The van der Waals surface area contributed by atoms with Crippen molar-refractivity contribution in [3.8, 4) is 0 Å². The third-order valence-corrected chi connectivity index (χ3v) is 4.62. The van der Waals surface area contributed by atoms with Gasteiger partial charge in [0.05, 0.1) is 5.70 Å². The second-order valence-electron chi connectivity index (χ2n) is 6.25. The van der Waals surface area contributed by atoms with E-state index in [1.165, 1.54) is 0 Å². The lowest BCUT2D eigenvalue weighted by Crippen LogP contribution is -2.04. The van der Waals surface area contributed by atoms with Gasteiger partial charge in [-0.1, -0.05) is 89.6 Å². The van der Waals surface area contributed by atoms with Crippen molar-refractivity contribution in [2.75, 3.05) is 0 Å². The summed E-state index contributed by atoms with van der Waals surface area (Å²) in [6.07, 6.45) is 9.14. The normalized spacial score (nSPS) is 14.0. The number of amidine groups is 1. The Morgan fingerprint density at radius 2 is 1.68 bits per heavy atom. The highest BCUT2D eigenvalue weighted by atomic mass is 79.9. The summed E-state index contributed by atoms with van der Waals surface area (Å²) < 4.78 is 1.03. The van der Waals surface area contributed by atoms with Crippen LogP contribution in [0.15, 0.2) is 98.9 Å². The van der Waals surface area contributed by atoms with Crippen molar-refractivity contribution in [1.82, 2.24) is 0 Å². The van der Waals surface area contributed by atoms with Gasteiger partial charge in [-0.05, 0) is 44.9 Å². The summed E-state index contributed by atoms with van der Waals surface area (Å²) in [7, 11) is 0. The number of hydrogen-bond acceptors (Lipinski definition) is 1. The SMILES string of the molecule is C\C=C/C(=C\C)C(/N=C(C)c1ccccc1)=N/C(=C/CC)c1cccc(Br)c1. The first kappa shape index (κ1) is 21.8. The third-order valence-electron chi connectivity index (χ3n) is 4.12. The highest BCUT2D eigenvalue weighted by molar-refractivity contribution is 9.10. The lowest BCUT2D eigenvalue weighted by Gasteiger charge is -2.09. The number of aliphatic imine (C=N–C) groups is 2. The summed E-state index contributed by atoms with van der Waals surface area (Å²) in [5.41, 5.74) is 5.02. The van der Waals surface area contributed by atoms with Crippen LogP contribution in [0.1, 0.15) is 45.2 Å². The minimum absolute atomic E-state index is 0.710. The smallest absolute Gasteiger partial charge is 0.159 e. The van der Waals surface area contributed by atoms with Crippen LogP contribution in [0.3, 0.4) is 0 Å². The fraction of sp³-hybridized carbons (Fsp3) is 0.200. The van der Waals surface area contributed by atoms with Gasteiger partial charge in [-0.3, -0.25) is 0 Å². The molecule has 0 aliphatic rings. The fourth-order valence-electron chi connectivity index (χ4n) is 2.72. The first-order chi connectivity index (χ1) is 13.6. The van der Waals surface area contributed by atoms with Crippen molar-refractivity contribution in [1.29, 1.82) is 0 Å². The quantitative estimate of drug-likeness (QED) is 0.253. The first-order valence-corrected chi connectivity index (χ1v) is 10.3. The Balaban J connectivity index is 2.60. The fourth-order valence-corrected chi connectivity index (χ4v) is 3.12. The summed E-state index contributed by atoms with van der Waals surface area (Å²) in [5.74, 6) is 0.710. The van der Waals surface area contributed by atoms with Gasteiger partial charge in [0.15, 0.2) is 5.84 Å². The highest BCUT2D eigenvalue weighted by Crippen LogP contribution is 2.22. The van der Waals surface area contributed by atoms with E-state index in [-0.39, 0.29) is 0 Å². The summed E-state index contributed by atoms with van der Waals surface area (Å²) in [4.78, 5) is 9.88. The van der Waals surface area contributed by atoms with Crippen LogP contribution in [0.25, 0.3) is 5.70 Å². The van der Waals surface area contributed by atoms with Crippen molar-refractivity contribution < 1.29 is 0 Å². The molecule has 0 bridgehead atoms. The molecule has 0 aliphatic heterocycles. The molecule has 0 spiro atoms. The minimum atomic E-state index is 0.710. The van der Waals surface area contributed by atoms with Crippen LogP contribution in [0, 0.1) is 0 Å². The van der Waals surface area contributed by atoms with Crippen LogP contribution in [-0.2, 0) is 0 Å². The van der Waals surface area contributed by atoms with Gasteiger partial charge < -0.3 is 0 Å². The molecule has 28 heavy (non-hydrogen) atoms. The van der Waals surface area contributed by atoms with Crippen LogP contribution in [0.2, 0.25) is 0 Å². The van der Waals surface area contributed by atoms with Gasteiger partial charge in [-0.25, -0.2) is 9.98 Å². The van der Waals surface area contributed by atoms with Crippen molar-refractivity contribution in [2.24, 2.45) is 9.98 Å². The van der Waals surface area contributed by atoms with Crippen LogP contribution in [-0.4, -0.2) is 11.5 Å². The van der Waals surface area contributed by atoms with Crippen molar-refractivity contribution in [3.05, 3.63) is 100 Å². The second kappa shape index (κ2) is 11.4. The Hall–Kier alpha value is -2.52. The summed E-state index contributed by atoms with van der Waals surface area (Å²) in [6.45, 7) is 8.16. The Morgan fingerprint density at radius 3 is 2.29 bits per heavy atom. The maximum atomic E-state index is 4.98. The van der Waals surface area contributed by atoms with Gasteiger partial charge in [0.2, 0.25) is 0 Å². The molecule has 2 rings (SSSR count). The van der Waals surface area contributed by atoms with Gasteiger partial charge in [0.1, 0.15) is 0 Å². The number of halogens is 1. The molecule has 0 saturated carbocycles. The van der Waals surface area contributed by atoms with E-state index in [2.05, 4.69) is 53.2 Å². The Morgan fingerprint density at radius 1 is 0.964 bits per heavy atom. The summed E-state index contributed by atoms with van der Waals surface area (Å²) in [6, 6.07) is 18.4. The number of allylic oxidation sites excluding steroid dienone is 3. The minimum Gasteiger partial charge on any atom is -0.233 e. The second-order valence-corrected chi connectivity index (χ2v) is 7.17. The van der Waals surface area contributed by atoms with E-state index in [0.717, 1.165) is 39.0 Å². The molecule has 0 atom stereocenters. The van der Waals surface area contributed by atoms with E-state index in [9.17, 15) is 0 Å². The average Bonchev–Trinajstić information content (AvgIpc) is 2.71. The van der Waals surface area contributed by atoms with E-state index in [1.54, 1.807) is 0 Å². The molecule has 2 aromatic rings. The maximum Gasteiger partial charge on any atom is 0.159 e. The van der Waals surface area contributed by atoms with Gasteiger partial charge in [0.25, 0.3) is 0 Å². The molecule has 144 valence electrons. The molecule has 2 aromatic carbocycles. The average molecular weight is 435 g/mol. The van der Waals surface area contributed by atoms with Gasteiger partial charge in [0, 0.05) is 21.3 Å². The lowest BCUT2D eigenvalue weighted by molar-refractivity contribution is 1.21. The number of hydrogen-bond donors (Lipinski definition) is 0. The van der Waals surface area contributed by atoms with Crippen LogP contribution < -0.4 is 0 Å². The van der Waals surface area contributed by atoms with Gasteiger partial charge >= 0.3 is 0 Å². The predicted octanol–water partition coefficient (Wildman–Crippen LogP) is 7.63. The van der Waals surface area contributed by atoms with E-state index in [1.807, 2.05) is 69.3 Å². The lowest BCUT2D eigenvalue weighted by atomic mass is 10.1. The maximum absolute atomic E-state index is 4.98. The van der Waals surface area contributed by atoms with Crippen LogP contribution in [0.4, 0.5) is 0 Å². The first-order valence-electron chi connectivity index (χ1n) is 9.53. The standard InChI is InChI=1S/C25H27BrN2/c1-5-12-20(7-3)25(27-19(4)21-14-9-8-10-15-21)28-24(13-6-2)22-16-11-17-23(26)18-22/h5,7-18H,6H2,1-4H3/b12-5-,20-7+,24-13+,27-19?,28-25-. The van der Waals surface area contributed by atoms with Crippen molar-refractivity contribution in [2.45, 2.75) is 34.1 Å². The van der Waals surface area contributed by atoms with E-state index in [4.69, 9.17) is 9.98 Å². The van der Waals surface area contributed by atoms with E-state index >= 15 is 0 Å². The number of nitrogens with zero attached hydrogens (tertiary/aromatic N) is 2. The predicted molar refractivity (Wildman–Crippen MR) is 127 cm³/mol. The molecule has 0 aliphatic carbocycles. The van der Waals surface area contributed by atoms with Crippen molar-refractivity contribution in [3.63, 3.8) is 0 Å². The molecule has 0 unspecified atom stereocenters. The number of rotatable bonds is 6. The monoisotopic (exact) mass is 434 g/mol. The zero-order chi connectivity index (χ0) is 20.4. The molecule has 0 N–H and O–H groups in total. The molecule has 0 aromatic heterocycles. The largest absolute Gasteiger partial charge is 0.233 e. The Labute approximate surface area is 177 Å². The zero-order valence-electron chi connectivity index (χ0n) is 17.0. The topological polar surface area (TPSA) is 24.7 Å². The number of benzene rings is 2.